The van der Waals surface area contributed by atoms with E-state index in [2.05, 4.69) is 35.9 Å². The first-order chi connectivity index (χ1) is 8.04. The molecular weight excluding hydrogens is 232 g/mol. The molecule has 0 radical (unpaired) electrons. The monoisotopic (exact) mass is 254 g/mol. The molecule has 4 heteroatoms. The maximum Gasteiger partial charge on any atom is 0.237 e. The Labute approximate surface area is 108 Å². The van der Waals surface area contributed by atoms with E-state index in [1.807, 2.05) is 19.9 Å². The van der Waals surface area contributed by atoms with E-state index in [1.54, 1.807) is 11.3 Å². The van der Waals surface area contributed by atoms with Crippen LogP contribution in [0.15, 0.2) is 17.5 Å². The lowest BCUT2D eigenvalue weighted by atomic mass is 10.2. The molecule has 1 aromatic heterocycles. The number of amides is 1. The summed E-state index contributed by atoms with van der Waals surface area (Å²) in [6, 6.07) is 4.40. The summed E-state index contributed by atoms with van der Waals surface area (Å²) in [6.45, 7) is 8.07. The molecule has 0 aliphatic rings. The van der Waals surface area contributed by atoms with Gasteiger partial charge in [0.1, 0.15) is 0 Å². The van der Waals surface area contributed by atoms with Crippen molar-refractivity contribution in [3.63, 3.8) is 0 Å². The zero-order valence-corrected chi connectivity index (χ0v) is 11.8. The van der Waals surface area contributed by atoms with Gasteiger partial charge in [-0.3, -0.25) is 10.1 Å². The van der Waals surface area contributed by atoms with Crippen LogP contribution in [0.4, 0.5) is 0 Å². The Bertz CT molecular complexity index is 337. The summed E-state index contributed by atoms with van der Waals surface area (Å²) in [4.78, 5) is 13.1. The third-order valence-corrected chi connectivity index (χ3v) is 3.92. The van der Waals surface area contributed by atoms with E-state index in [1.165, 1.54) is 4.88 Å². The van der Waals surface area contributed by atoms with Gasteiger partial charge >= 0.3 is 0 Å². The lowest BCUT2D eigenvalue weighted by molar-refractivity contribution is -0.123. The summed E-state index contributed by atoms with van der Waals surface area (Å²) >= 11 is 1.71. The lowest BCUT2D eigenvalue weighted by Crippen LogP contribution is -2.45. The minimum atomic E-state index is -0.166. The molecule has 0 fully saturated rings. The fraction of sp³-hybridized carbons (Fsp3) is 0.615. The molecule has 1 amide bonds. The first-order valence-electron chi connectivity index (χ1n) is 6.14. The van der Waals surface area contributed by atoms with Crippen molar-refractivity contribution < 1.29 is 4.79 Å². The smallest absolute Gasteiger partial charge is 0.237 e. The van der Waals surface area contributed by atoms with E-state index in [0.29, 0.717) is 0 Å². The van der Waals surface area contributed by atoms with Crippen LogP contribution >= 0.6 is 11.3 Å². The fourth-order valence-electron chi connectivity index (χ4n) is 1.54. The van der Waals surface area contributed by atoms with E-state index >= 15 is 0 Å². The number of carbonyl (C=O) groups excluding carboxylic acids is 1. The normalized spacial score (nSPS) is 16.2. The quantitative estimate of drug-likeness (QED) is 0.819. The molecule has 0 aromatic carbocycles. The second-order valence-corrected chi connectivity index (χ2v) is 5.42. The van der Waals surface area contributed by atoms with Gasteiger partial charge in [-0.2, -0.15) is 0 Å². The first kappa shape index (κ1) is 14.2. The molecule has 0 aliphatic carbocycles. The molecule has 17 heavy (non-hydrogen) atoms. The van der Waals surface area contributed by atoms with Crippen LogP contribution in [0.25, 0.3) is 0 Å². The fourth-order valence-corrected chi connectivity index (χ4v) is 2.28. The predicted molar refractivity (Wildman–Crippen MR) is 73.2 cm³/mol. The second-order valence-electron chi connectivity index (χ2n) is 4.44. The van der Waals surface area contributed by atoms with Gasteiger partial charge in [-0.05, 0) is 38.6 Å². The molecule has 0 saturated heterocycles. The Morgan fingerprint density at radius 1 is 1.41 bits per heavy atom. The zero-order chi connectivity index (χ0) is 12.8. The first-order valence-corrected chi connectivity index (χ1v) is 7.02. The summed E-state index contributed by atoms with van der Waals surface area (Å²) in [5, 5.41) is 8.34. The number of rotatable bonds is 6. The Hall–Kier alpha value is -0.870. The van der Waals surface area contributed by atoms with Gasteiger partial charge in [0.25, 0.3) is 0 Å². The number of hydrogen-bond donors (Lipinski definition) is 2. The molecule has 2 N–H and O–H groups in total. The Morgan fingerprint density at radius 2 is 2.12 bits per heavy atom. The van der Waals surface area contributed by atoms with Crippen molar-refractivity contribution in [2.24, 2.45) is 0 Å². The molecule has 3 nitrogen and oxygen atoms in total. The van der Waals surface area contributed by atoms with Crippen LogP contribution in [-0.4, -0.2) is 18.0 Å². The van der Waals surface area contributed by atoms with Gasteiger partial charge in [0.15, 0.2) is 0 Å². The molecular formula is C13H22N2OS. The van der Waals surface area contributed by atoms with Gasteiger partial charge in [0.2, 0.25) is 5.91 Å². The standard InChI is InChI=1S/C13H22N2OS/c1-5-9(2)14-13(16)11(4)15-10(3)12-7-6-8-17-12/h6-11,15H,5H2,1-4H3,(H,14,16). The van der Waals surface area contributed by atoms with Crippen LogP contribution in [0.1, 0.15) is 45.0 Å². The average molecular weight is 254 g/mol. The van der Waals surface area contributed by atoms with Gasteiger partial charge < -0.3 is 5.32 Å². The predicted octanol–water partition coefficient (Wildman–Crippen LogP) is 2.70. The molecule has 1 heterocycles. The van der Waals surface area contributed by atoms with Crippen molar-refractivity contribution in [2.75, 3.05) is 0 Å². The molecule has 3 atom stereocenters. The molecule has 0 spiro atoms. The van der Waals surface area contributed by atoms with Gasteiger partial charge in [0, 0.05) is 17.0 Å². The van der Waals surface area contributed by atoms with E-state index in [-0.39, 0.29) is 24.0 Å². The Kier molecular flexibility index (Phi) is 5.65. The Morgan fingerprint density at radius 3 is 2.65 bits per heavy atom. The highest BCUT2D eigenvalue weighted by atomic mass is 32.1. The van der Waals surface area contributed by atoms with E-state index in [9.17, 15) is 4.79 Å². The van der Waals surface area contributed by atoms with Crippen LogP contribution in [0.2, 0.25) is 0 Å². The van der Waals surface area contributed by atoms with Crippen molar-refractivity contribution in [3.8, 4) is 0 Å². The average Bonchev–Trinajstić information content (AvgIpc) is 2.82. The minimum Gasteiger partial charge on any atom is -0.352 e. The maximum atomic E-state index is 11.8. The molecule has 3 unspecified atom stereocenters. The zero-order valence-electron chi connectivity index (χ0n) is 11.0. The molecule has 0 aliphatic heterocycles. The summed E-state index contributed by atoms with van der Waals surface area (Å²) in [5.41, 5.74) is 0. The molecule has 96 valence electrons. The van der Waals surface area contributed by atoms with Crippen molar-refractivity contribution in [3.05, 3.63) is 22.4 Å². The second kappa shape index (κ2) is 6.77. The molecule has 1 rings (SSSR count). The van der Waals surface area contributed by atoms with Crippen molar-refractivity contribution in [2.45, 2.75) is 52.2 Å². The van der Waals surface area contributed by atoms with Crippen LogP contribution < -0.4 is 10.6 Å². The van der Waals surface area contributed by atoms with Crippen LogP contribution in [-0.2, 0) is 4.79 Å². The largest absolute Gasteiger partial charge is 0.352 e. The highest BCUT2D eigenvalue weighted by molar-refractivity contribution is 7.10. The van der Waals surface area contributed by atoms with Crippen molar-refractivity contribution in [1.29, 1.82) is 0 Å². The van der Waals surface area contributed by atoms with Crippen molar-refractivity contribution >= 4 is 17.2 Å². The number of carbonyl (C=O) groups is 1. The topological polar surface area (TPSA) is 41.1 Å². The third kappa shape index (κ3) is 4.48. The van der Waals surface area contributed by atoms with Crippen LogP contribution in [0.3, 0.4) is 0 Å². The lowest BCUT2D eigenvalue weighted by Gasteiger charge is -2.20. The SMILES string of the molecule is CCC(C)NC(=O)C(C)NC(C)c1cccs1. The molecule has 1 aromatic rings. The van der Waals surface area contributed by atoms with Gasteiger partial charge in [-0.1, -0.05) is 13.0 Å². The van der Waals surface area contributed by atoms with Crippen molar-refractivity contribution in [1.82, 2.24) is 10.6 Å². The molecule has 0 saturated carbocycles. The van der Waals surface area contributed by atoms with Gasteiger partial charge in [0.05, 0.1) is 6.04 Å². The van der Waals surface area contributed by atoms with Crippen LogP contribution in [0.5, 0.6) is 0 Å². The number of nitrogens with one attached hydrogen (secondary N) is 2. The minimum absolute atomic E-state index is 0.0720. The summed E-state index contributed by atoms with van der Waals surface area (Å²) in [6.07, 6.45) is 0.957. The van der Waals surface area contributed by atoms with E-state index in [4.69, 9.17) is 0 Å². The van der Waals surface area contributed by atoms with Gasteiger partial charge in [-0.25, -0.2) is 0 Å². The third-order valence-electron chi connectivity index (χ3n) is 2.86. The highest BCUT2D eigenvalue weighted by Crippen LogP contribution is 2.18. The number of thiophene rings is 1. The highest BCUT2D eigenvalue weighted by Gasteiger charge is 2.17. The van der Waals surface area contributed by atoms with E-state index < -0.39 is 0 Å². The maximum absolute atomic E-state index is 11.8. The summed E-state index contributed by atoms with van der Waals surface area (Å²) in [7, 11) is 0. The Balaban J connectivity index is 2.43. The van der Waals surface area contributed by atoms with E-state index in [0.717, 1.165) is 6.42 Å². The van der Waals surface area contributed by atoms with Crippen LogP contribution in [0, 0.1) is 0 Å². The molecule has 0 bridgehead atoms. The summed E-state index contributed by atoms with van der Waals surface area (Å²) < 4.78 is 0. The number of hydrogen-bond acceptors (Lipinski definition) is 3. The van der Waals surface area contributed by atoms with Gasteiger partial charge in [-0.15, -0.1) is 11.3 Å². The summed E-state index contributed by atoms with van der Waals surface area (Å²) in [5.74, 6) is 0.0720.